The highest BCUT2D eigenvalue weighted by atomic mass is 127. The van der Waals surface area contributed by atoms with Gasteiger partial charge in [-0.15, -0.1) is 35.3 Å². The predicted molar refractivity (Wildman–Crippen MR) is 127 cm³/mol. The maximum absolute atomic E-state index is 6.30. The van der Waals surface area contributed by atoms with Crippen molar-refractivity contribution in [2.24, 2.45) is 10.7 Å². The molecule has 1 unspecified atom stereocenters. The van der Waals surface area contributed by atoms with Gasteiger partial charge in [0.05, 0.1) is 19.7 Å². The number of nitrogens with zero attached hydrogens (tertiary/aromatic N) is 5. The van der Waals surface area contributed by atoms with Crippen molar-refractivity contribution < 1.29 is 4.74 Å². The molecule has 1 atom stereocenters. The molecule has 154 valence electrons. The summed E-state index contributed by atoms with van der Waals surface area (Å²) < 4.78 is 5.52. The fraction of sp³-hybridized carbons (Fsp3) is 0.474. The van der Waals surface area contributed by atoms with Crippen LogP contribution in [-0.4, -0.2) is 74.7 Å². The van der Waals surface area contributed by atoms with Crippen molar-refractivity contribution in [1.82, 2.24) is 14.8 Å². The summed E-state index contributed by atoms with van der Waals surface area (Å²) in [5.74, 6) is 1.48. The number of hydrogen-bond acceptors (Lipinski definition) is 6. The fourth-order valence-electron chi connectivity index (χ4n) is 3.26. The maximum Gasteiger partial charge on any atom is 0.191 e. The van der Waals surface area contributed by atoms with Crippen LogP contribution in [0.15, 0.2) is 40.8 Å². The number of rotatable bonds is 6. The molecule has 0 aliphatic carbocycles. The van der Waals surface area contributed by atoms with Crippen LogP contribution in [0.3, 0.4) is 0 Å². The van der Waals surface area contributed by atoms with Gasteiger partial charge in [-0.25, -0.2) is 4.98 Å². The second kappa shape index (κ2) is 10.8. The third-order valence-corrected chi connectivity index (χ3v) is 5.67. The van der Waals surface area contributed by atoms with E-state index in [1.807, 2.05) is 29.8 Å². The van der Waals surface area contributed by atoms with Crippen LogP contribution in [0.5, 0.6) is 5.75 Å². The third kappa shape index (κ3) is 5.48. The molecule has 1 aliphatic heterocycles. The molecule has 2 heterocycles. The van der Waals surface area contributed by atoms with Crippen LogP contribution in [0.25, 0.3) is 0 Å². The minimum absolute atomic E-state index is 0. The molecule has 2 N–H and O–H groups in total. The lowest BCUT2D eigenvalue weighted by Gasteiger charge is -2.35. The molecule has 2 aromatic rings. The molecule has 0 amide bonds. The van der Waals surface area contributed by atoms with Gasteiger partial charge in [0.2, 0.25) is 0 Å². The second-order valence-corrected chi connectivity index (χ2v) is 7.58. The van der Waals surface area contributed by atoms with E-state index in [2.05, 4.69) is 39.8 Å². The number of anilines is 1. The van der Waals surface area contributed by atoms with Crippen molar-refractivity contribution in [2.45, 2.75) is 6.04 Å². The highest BCUT2D eigenvalue weighted by molar-refractivity contribution is 14.0. The number of halogens is 1. The number of likely N-dealkylation sites (N-methyl/N-ethyl adjacent to an activating group) is 1. The Morgan fingerprint density at radius 2 is 2.00 bits per heavy atom. The van der Waals surface area contributed by atoms with E-state index in [0.717, 1.165) is 42.6 Å². The quantitative estimate of drug-likeness (QED) is 0.362. The van der Waals surface area contributed by atoms with Crippen molar-refractivity contribution >= 4 is 46.4 Å². The van der Waals surface area contributed by atoms with Crippen LogP contribution in [0.1, 0.15) is 11.6 Å². The Balaban J connectivity index is 0.00000280. The van der Waals surface area contributed by atoms with Crippen LogP contribution in [0.4, 0.5) is 5.13 Å². The van der Waals surface area contributed by atoms with Crippen LogP contribution in [0, 0.1) is 0 Å². The molecular weight excluding hydrogens is 487 g/mol. The fourth-order valence-corrected chi connectivity index (χ4v) is 3.96. The number of aromatic nitrogens is 1. The van der Waals surface area contributed by atoms with Gasteiger partial charge in [0.15, 0.2) is 11.1 Å². The smallest absolute Gasteiger partial charge is 0.191 e. The first-order valence-electron chi connectivity index (χ1n) is 9.08. The molecule has 0 radical (unpaired) electrons. The van der Waals surface area contributed by atoms with Crippen LogP contribution < -0.4 is 15.4 Å². The average Bonchev–Trinajstić information content (AvgIpc) is 3.23. The number of benzene rings is 1. The number of ether oxygens (including phenoxy) is 1. The van der Waals surface area contributed by atoms with Crippen molar-refractivity contribution in [3.63, 3.8) is 0 Å². The van der Waals surface area contributed by atoms with Crippen LogP contribution >= 0.6 is 35.3 Å². The van der Waals surface area contributed by atoms with Gasteiger partial charge in [0.1, 0.15) is 5.75 Å². The summed E-state index contributed by atoms with van der Waals surface area (Å²) in [6.07, 6.45) is 1.85. The van der Waals surface area contributed by atoms with E-state index in [-0.39, 0.29) is 30.0 Å². The standard InChI is InChI=1S/C19H28N6OS.HI/c1-23(2)16(15-6-4-5-7-17(15)26-3)14-22-18(20)24-9-11-25(12-10-24)19-21-8-13-27-19;/h4-8,13,16H,9-12,14H2,1-3H3,(H2,20,22);1H. The maximum atomic E-state index is 6.30. The number of guanidine groups is 1. The SMILES string of the molecule is COc1ccccc1C(CN=C(N)N1CCN(c2nccs2)CC1)N(C)C.I. The van der Waals surface area contributed by atoms with Gasteiger partial charge >= 0.3 is 0 Å². The van der Waals surface area contributed by atoms with E-state index >= 15 is 0 Å². The van der Waals surface area contributed by atoms with E-state index in [0.29, 0.717) is 12.5 Å². The molecule has 28 heavy (non-hydrogen) atoms. The Labute approximate surface area is 188 Å². The number of nitrogens with two attached hydrogens (primary N) is 1. The van der Waals surface area contributed by atoms with Gasteiger partial charge in [-0.3, -0.25) is 4.99 Å². The molecule has 1 aliphatic rings. The second-order valence-electron chi connectivity index (χ2n) is 6.71. The zero-order chi connectivity index (χ0) is 19.2. The molecular formula is C19H29IN6OS. The van der Waals surface area contributed by atoms with E-state index < -0.39 is 0 Å². The van der Waals surface area contributed by atoms with Crippen molar-refractivity contribution in [3.05, 3.63) is 41.4 Å². The summed E-state index contributed by atoms with van der Waals surface area (Å²) in [5.41, 5.74) is 7.42. The molecule has 3 rings (SSSR count). The van der Waals surface area contributed by atoms with Gasteiger partial charge in [0, 0.05) is 43.3 Å². The lowest BCUT2D eigenvalue weighted by molar-refractivity contribution is 0.293. The summed E-state index contributed by atoms with van der Waals surface area (Å²) >= 11 is 1.67. The van der Waals surface area contributed by atoms with E-state index in [1.54, 1.807) is 18.4 Å². The summed E-state index contributed by atoms with van der Waals surface area (Å²) in [6, 6.07) is 8.18. The Morgan fingerprint density at radius 1 is 1.29 bits per heavy atom. The third-order valence-electron chi connectivity index (χ3n) is 4.84. The predicted octanol–water partition coefficient (Wildman–Crippen LogP) is 2.51. The largest absolute Gasteiger partial charge is 0.496 e. The van der Waals surface area contributed by atoms with Gasteiger partial charge in [-0.2, -0.15) is 0 Å². The Morgan fingerprint density at radius 3 is 2.61 bits per heavy atom. The molecule has 7 nitrogen and oxygen atoms in total. The Bertz CT molecular complexity index is 747. The van der Waals surface area contributed by atoms with E-state index in [1.165, 1.54) is 0 Å². The Hall–Kier alpha value is -1.59. The lowest BCUT2D eigenvalue weighted by Crippen LogP contribution is -2.51. The first-order chi connectivity index (χ1) is 13.1. The molecule has 1 fully saturated rings. The van der Waals surface area contributed by atoms with Gasteiger partial charge in [-0.05, 0) is 20.2 Å². The van der Waals surface area contributed by atoms with Crippen LogP contribution in [-0.2, 0) is 0 Å². The summed E-state index contributed by atoms with van der Waals surface area (Å²) in [5, 5.41) is 3.09. The number of aliphatic imine (C=N–C) groups is 1. The zero-order valence-electron chi connectivity index (χ0n) is 16.6. The Kier molecular flexibility index (Phi) is 8.77. The average molecular weight is 516 g/mol. The van der Waals surface area contributed by atoms with Crippen molar-refractivity contribution in [2.75, 3.05) is 58.8 Å². The topological polar surface area (TPSA) is 70.2 Å². The van der Waals surface area contributed by atoms with E-state index in [9.17, 15) is 0 Å². The zero-order valence-corrected chi connectivity index (χ0v) is 19.8. The summed E-state index contributed by atoms with van der Waals surface area (Å²) in [6.45, 7) is 4.12. The summed E-state index contributed by atoms with van der Waals surface area (Å²) in [4.78, 5) is 15.7. The first kappa shape index (κ1) is 22.7. The number of piperazine rings is 1. The molecule has 0 bridgehead atoms. The molecule has 0 spiro atoms. The van der Waals surface area contributed by atoms with Crippen molar-refractivity contribution in [3.8, 4) is 5.75 Å². The monoisotopic (exact) mass is 516 g/mol. The lowest BCUT2D eigenvalue weighted by atomic mass is 10.0. The number of methoxy groups -OCH3 is 1. The number of hydrogen-bond donors (Lipinski definition) is 1. The molecule has 1 aromatic heterocycles. The molecule has 9 heteroatoms. The normalized spacial score (nSPS) is 16.1. The molecule has 1 aromatic carbocycles. The first-order valence-corrected chi connectivity index (χ1v) is 9.96. The number of para-hydroxylation sites is 1. The van der Waals surface area contributed by atoms with Gasteiger partial charge in [-0.1, -0.05) is 18.2 Å². The van der Waals surface area contributed by atoms with Gasteiger partial charge < -0.3 is 25.2 Å². The van der Waals surface area contributed by atoms with Crippen LogP contribution in [0.2, 0.25) is 0 Å². The highest BCUT2D eigenvalue weighted by Crippen LogP contribution is 2.28. The minimum atomic E-state index is 0. The highest BCUT2D eigenvalue weighted by Gasteiger charge is 2.21. The minimum Gasteiger partial charge on any atom is -0.496 e. The van der Waals surface area contributed by atoms with Gasteiger partial charge in [0.25, 0.3) is 0 Å². The molecule has 0 saturated carbocycles. The van der Waals surface area contributed by atoms with Crippen molar-refractivity contribution in [1.29, 1.82) is 0 Å². The summed E-state index contributed by atoms with van der Waals surface area (Å²) in [7, 11) is 5.80. The molecule has 1 saturated heterocycles. The van der Waals surface area contributed by atoms with E-state index in [4.69, 9.17) is 15.5 Å². The number of thiazole rings is 1.